The maximum atomic E-state index is 6.06. The van der Waals surface area contributed by atoms with Crippen LogP contribution in [0.1, 0.15) is 63.1 Å². The molecule has 116 valence electrons. The number of ether oxygens (including phenoxy) is 1. The Balaban J connectivity index is 1.96. The predicted octanol–water partition coefficient (Wildman–Crippen LogP) is 4.49. The van der Waals surface area contributed by atoms with E-state index in [4.69, 9.17) is 4.74 Å². The van der Waals surface area contributed by atoms with Gasteiger partial charge in [0.15, 0.2) is 0 Å². The lowest BCUT2D eigenvalue weighted by molar-refractivity contribution is 0.0994. The average molecular weight is 287 g/mol. The quantitative estimate of drug-likeness (QED) is 0.884. The van der Waals surface area contributed by atoms with Crippen LogP contribution in [0, 0.1) is 11.3 Å². The predicted molar refractivity (Wildman–Crippen MR) is 87.8 cm³/mol. The summed E-state index contributed by atoms with van der Waals surface area (Å²) in [5, 5.41) is 3.61. The van der Waals surface area contributed by atoms with E-state index in [9.17, 15) is 0 Å². The molecule has 3 rings (SSSR count). The summed E-state index contributed by atoms with van der Waals surface area (Å²) < 4.78 is 6.06. The number of nitrogens with one attached hydrogen (secondary N) is 1. The standard InChI is InChI=1S/C19H29NO/c1-19(2)12-5-4-11-16(19)17(20-3)15-10-6-8-14-9-7-13-21-18(14)15/h6,8,10,16-17,20H,4-5,7,9,11-13H2,1-3H3. The minimum Gasteiger partial charge on any atom is -0.493 e. The SMILES string of the molecule is CNC(c1cccc2c1OCCC2)C1CCCCC1(C)C. The molecule has 1 aromatic carbocycles. The molecule has 2 unspecified atom stereocenters. The molecule has 21 heavy (non-hydrogen) atoms. The van der Waals surface area contributed by atoms with E-state index in [2.05, 4.69) is 44.4 Å². The van der Waals surface area contributed by atoms with Crippen LogP contribution < -0.4 is 10.1 Å². The largest absolute Gasteiger partial charge is 0.493 e. The molecule has 0 bridgehead atoms. The molecule has 1 heterocycles. The minimum absolute atomic E-state index is 0.406. The van der Waals surface area contributed by atoms with Crippen molar-refractivity contribution in [1.29, 1.82) is 0 Å². The highest BCUT2D eigenvalue weighted by Crippen LogP contribution is 2.48. The lowest BCUT2D eigenvalue weighted by atomic mass is 9.64. The molecule has 1 fully saturated rings. The molecule has 1 saturated carbocycles. The molecule has 2 nitrogen and oxygen atoms in total. The molecule has 1 aliphatic carbocycles. The number of rotatable bonds is 3. The van der Waals surface area contributed by atoms with Gasteiger partial charge in [-0.1, -0.05) is 44.9 Å². The van der Waals surface area contributed by atoms with Crippen molar-refractivity contribution >= 4 is 0 Å². The van der Waals surface area contributed by atoms with Gasteiger partial charge in [-0.2, -0.15) is 0 Å². The van der Waals surface area contributed by atoms with Crippen LogP contribution in [0.5, 0.6) is 5.75 Å². The molecule has 0 aromatic heterocycles. The van der Waals surface area contributed by atoms with Crippen LogP contribution >= 0.6 is 0 Å². The van der Waals surface area contributed by atoms with Crippen molar-refractivity contribution in [3.63, 3.8) is 0 Å². The first-order chi connectivity index (χ1) is 10.1. The van der Waals surface area contributed by atoms with Crippen molar-refractivity contribution in [3.05, 3.63) is 29.3 Å². The van der Waals surface area contributed by atoms with E-state index < -0.39 is 0 Å². The Hall–Kier alpha value is -1.02. The lowest BCUT2D eigenvalue weighted by Gasteiger charge is -2.44. The van der Waals surface area contributed by atoms with Crippen molar-refractivity contribution < 1.29 is 4.74 Å². The molecule has 2 aliphatic rings. The van der Waals surface area contributed by atoms with Crippen LogP contribution in [0.15, 0.2) is 18.2 Å². The summed E-state index contributed by atoms with van der Waals surface area (Å²) >= 11 is 0. The third kappa shape index (κ3) is 2.83. The first-order valence-corrected chi connectivity index (χ1v) is 8.55. The minimum atomic E-state index is 0.406. The third-order valence-electron chi connectivity index (χ3n) is 5.60. The van der Waals surface area contributed by atoms with Gasteiger partial charge < -0.3 is 10.1 Å². The zero-order chi connectivity index (χ0) is 14.9. The Morgan fingerprint density at radius 3 is 2.86 bits per heavy atom. The van der Waals surface area contributed by atoms with Crippen LogP contribution in [0.3, 0.4) is 0 Å². The van der Waals surface area contributed by atoms with Gasteiger partial charge in [-0.15, -0.1) is 0 Å². The van der Waals surface area contributed by atoms with Gasteiger partial charge in [0.1, 0.15) is 5.75 Å². The van der Waals surface area contributed by atoms with Gasteiger partial charge in [-0.3, -0.25) is 0 Å². The molecule has 0 radical (unpaired) electrons. The fourth-order valence-electron chi connectivity index (χ4n) is 4.37. The van der Waals surface area contributed by atoms with Crippen molar-refractivity contribution in [2.75, 3.05) is 13.7 Å². The van der Waals surface area contributed by atoms with Crippen molar-refractivity contribution in [2.24, 2.45) is 11.3 Å². The molecule has 0 spiro atoms. The number of benzene rings is 1. The van der Waals surface area contributed by atoms with Gasteiger partial charge in [0.2, 0.25) is 0 Å². The Kier molecular flexibility index (Phi) is 4.26. The fourth-order valence-corrected chi connectivity index (χ4v) is 4.37. The summed E-state index contributed by atoms with van der Waals surface area (Å²) in [7, 11) is 2.11. The van der Waals surface area contributed by atoms with E-state index in [0.29, 0.717) is 17.4 Å². The molecule has 2 atom stereocenters. The van der Waals surface area contributed by atoms with Gasteiger partial charge in [-0.25, -0.2) is 0 Å². The second kappa shape index (κ2) is 6.00. The van der Waals surface area contributed by atoms with Crippen LogP contribution in [0.2, 0.25) is 0 Å². The van der Waals surface area contributed by atoms with Crippen LogP contribution in [0.4, 0.5) is 0 Å². The summed E-state index contributed by atoms with van der Waals surface area (Å²) in [5.74, 6) is 1.86. The van der Waals surface area contributed by atoms with Gasteiger partial charge in [0.05, 0.1) is 6.61 Å². The number of hydrogen-bond acceptors (Lipinski definition) is 2. The van der Waals surface area contributed by atoms with Gasteiger partial charge >= 0.3 is 0 Å². The lowest BCUT2D eigenvalue weighted by Crippen LogP contribution is -2.38. The van der Waals surface area contributed by atoms with E-state index in [1.165, 1.54) is 42.6 Å². The van der Waals surface area contributed by atoms with Gasteiger partial charge in [0.25, 0.3) is 0 Å². The van der Waals surface area contributed by atoms with Crippen molar-refractivity contribution in [3.8, 4) is 5.75 Å². The third-order valence-corrected chi connectivity index (χ3v) is 5.60. The highest BCUT2D eigenvalue weighted by Gasteiger charge is 2.38. The highest BCUT2D eigenvalue weighted by atomic mass is 16.5. The fraction of sp³-hybridized carbons (Fsp3) is 0.684. The topological polar surface area (TPSA) is 21.3 Å². The van der Waals surface area contributed by atoms with Crippen LogP contribution in [-0.2, 0) is 6.42 Å². The van der Waals surface area contributed by atoms with Crippen LogP contribution in [0.25, 0.3) is 0 Å². The van der Waals surface area contributed by atoms with Gasteiger partial charge in [0, 0.05) is 11.6 Å². The molecular formula is C19H29NO. The number of aryl methyl sites for hydroxylation is 1. The van der Waals surface area contributed by atoms with Crippen molar-refractivity contribution in [1.82, 2.24) is 5.32 Å². The van der Waals surface area contributed by atoms with E-state index in [1.54, 1.807) is 0 Å². The Morgan fingerprint density at radius 2 is 2.10 bits per heavy atom. The first-order valence-electron chi connectivity index (χ1n) is 8.55. The Morgan fingerprint density at radius 1 is 1.24 bits per heavy atom. The number of fused-ring (bicyclic) bond motifs is 1. The molecule has 1 aromatic rings. The molecular weight excluding hydrogens is 258 g/mol. The molecule has 0 saturated heterocycles. The normalized spacial score (nSPS) is 25.8. The average Bonchev–Trinajstić information content (AvgIpc) is 2.49. The monoisotopic (exact) mass is 287 g/mol. The summed E-state index contributed by atoms with van der Waals surface area (Å²) in [6.07, 6.45) is 7.71. The number of para-hydroxylation sites is 1. The zero-order valence-electron chi connectivity index (χ0n) is 13.7. The maximum Gasteiger partial charge on any atom is 0.127 e. The molecule has 0 amide bonds. The van der Waals surface area contributed by atoms with Gasteiger partial charge in [-0.05, 0) is 49.6 Å². The smallest absolute Gasteiger partial charge is 0.127 e. The molecule has 2 heteroatoms. The molecule has 1 aliphatic heterocycles. The summed E-state index contributed by atoms with van der Waals surface area (Å²) in [4.78, 5) is 0. The maximum absolute atomic E-state index is 6.06. The van der Waals surface area contributed by atoms with E-state index >= 15 is 0 Å². The van der Waals surface area contributed by atoms with Crippen molar-refractivity contribution in [2.45, 2.75) is 58.4 Å². The highest BCUT2D eigenvalue weighted by molar-refractivity contribution is 5.45. The second-order valence-electron chi connectivity index (χ2n) is 7.39. The summed E-state index contributed by atoms with van der Waals surface area (Å²) in [6, 6.07) is 7.13. The van der Waals surface area contributed by atoms with Crippen LogP contribution in [-0.4, -0.2) is 13.7 Å². The first kappa shape index (κ1) is 14.9. The Labute approximate surface area is 129 Å². The summed E-state index contributed by atoms with van der Waals surface area (Å²) in [6.45, 7) is 5.75. The Bertz CT molecular complexity index is 494. The van der Waals surface area contributed by atoms with E-state index in [1.807, 2.05) is 0 Å². The summed E-state index contributed by atoms with van der Waals surface area (Å²) in [5.41, 5.74) is 3.19. The second-order valence-corrected chi connectivity index (χ2v) is 7.39. The number of hydrogen-bond donors (Lipinski definition) is 1. The molecule has 1 N–H and O–H groups in total. The van der Waals surface area contributed by atoms with E-state index in [-0.39, 0.29) is 0 Å². The zero-order valence-corrected chi connectivity index (χ0v) is 13.7. The van der Waals surface area contributed by atoms with E-state index in [0.717, 1.165) is 19.4 Å².